The molecular formula is C19H24FN3O. The predicted octanol–water partition coefficient (Wildman–Crippen LogP) is 2.98. The summed E-state index contributed by atoms with van der Waals surface area (Å²) in [5, 5.41) is 2.89. The Morgan fingerprint density at radius 3 is 2.62 bits per heavy atom. The Hall–Kier alpha value is -2.56. The number of anilines is 2. The number of rotatable bonds is 8. The van der Waals surface area contributed by atoms with Gasteiger partial charge in [0.2, 0.25) is 5.91 Å². The Balaban J connectivity index is 1.66. The van der Waals surface area contributed by atoms with Crippen LogP contribution in [0.4, 0.5) is 15.8 Å². The van der Waals surface area contributed by atoms with Gasteiger partial charge in [0, 0.05) is 32.2 Å². The highest BCUT2D eigenvalue weighted by Gasteiger charge is 2.07. The highest BCUT2D eigenvalue weighted by molar-refractivity contribution is 5.76. The predicted molar refractivity (Wildman–Crippen MR) is 96.5 cm³/mol. The zero-order valence-electron chi connectivity index (χ0n) is 14.0. The molecule has 0 heterocycles. The molecule has 0 aliphatic heterocycles. The van der Waals surface area contributed by atoms with Crippen LogP contribution in [0.15, 0.2) is 48.5 Å². The smallest absolute Gasteiger partial charge is 0.220 e. The average molecular weight is 329 g/mol. The summed E-state index contributed by atoms with van der Waals surface area (Å²) in [6, 6.07) is 14.3. The van der Waals surface area contributed by atoms with E-state index >= 15 is 0 Å². The largest absolute Gasteiger partial charge is 0.399 e. The maximum atomic E-state index is 13.7. The minimum absolute atomic E-state index is 0.00629. The van der Waals surface area contributed by atoms with Crippen LogP contribution in [0.5, 0.6) is 0 Å². The Morgan fingerprint density at radius 1 is 1.17 bits per heavy atom. The molecule has 0 unspecified atom stereocenters. The number of carbonyl (C=O) groups is 1. The second-order valence-corrected chi connectivity index (χ2v) is 5.78. The summed E-state index contributed by atoms with van der Waals surface area (Å²) in [6.07, 6.45) is 1.80. The Bertz CT molecular complexity index is 675. The molecule has 24 heavy (non-hydrogen) atoms. The minimum atomic E-state index is -0.232. The topological polar surface area (TPSA) is 58.4 Å². The molecule has 4 nitrogen and oxygen atoms in total. The zero-order valence-corrected chi connectivity index (χ0v) is 14.0. The molecule has 2 rings (SSSR count). The number of aryl methyl sites for hydroxylation is 1. The third kappa shape index (κ3) is 5.26. The molecule has 0 spiro atoms. The van der Waals surface area contributed by atoms with E-state index in [0.29, 0.717) is 31.6 Å². The first-order valence-electron chi connectivity index (χ1n) is 8.13. The number of nitrogens with one attached hydrogen (secondary N) is 1. The van der Waals surface area contributed by atoms with E-state index in [1.807, 2.05) is 42.3 Å². The molecule has 128 valence electrons. The molecular weight excluding hydrogens is 305 g/mol. The summed E-state index contributed by atoms with van der Waals surface area (Å²) in [6.45, 7) is 1.24. The van der Waals surface area contributed by atoms with Crippen molar-refractivity contribution in [3.05, 3.63) is 59.9 Å². The SMILES string of the molecule is CN(CCCNC(=O)CCc1ccccc1N)c1ccccc1F. The quantitative estimate of drug-likeness (QED) is 0.578. The summed E-state index contributed by atoms with van der Waals surface area (Å²) in [7, 11) is 1.85. The van der Waals surface area contributed by atoms with Crippen LogP contribution in [-0.2, 0) is 11.2 Å². The van der Waals surface area contributed by atoms with Crippen molar-refractivity contribution in [1.29, 1.82) is 0 Å². The monoisotopic (exact) mass is 329 g/mol. The zero-order chi connectivity index (χ0) is 17.4. The molecule has 1 amide bonds. The van der Waals surface area contributed by atoms with Crippen LogP contribution in [0, 0.1) is 5.82 Å². The lowest BCUT2D eigenvalue weighted by molar-refractivity contribution is -0.121. The number of hydrogen-bond donors (Lipinski definition) is 2. The van der Waals surface area contributed by atoms with Crippen molar-refractivity contribution in [2.24, 2.45) is 0 Å². The van der Waals surface area contributed by atoms with Crippen LogP contribution in [0.25, 0.3) is 0 Å². The molecule has 0 saturated heterocycles. The van der Waals surface area contributed by atoms with Crippen molar-refractivity contribution in [3.8, 4) is 0 Å². The van der Waals surface area contributed by atoms with Crippen molar-refractivity contribution in [2.75, 3.05) is 30.8 Å². The van der Waals surface area contributed by atoms with Crippen LogP contribution in [0.1, 0.15) is 18.4 Å². The van der Waals surface area contributed by atoms with E-state index in [2.05, 4.69) is 5.32 Å². The van der Waals surface area contributed by atoms with Crippen molar-refractivity contribution >= 4 is 17.3 Å². The first kappa shape index (κ1) is 17.8. The number of carbonyl (C=O) groups excluding carboxylic acids is 1. The second kappa shape index (κ2) is 8.91. The maximum absolute atomic E-state index is 13.7. The summed E-state index contributed by atoms with van der Waals surface area (Å²) < 4.78 is 13.7. The van der Waals surface area contributed by atoms with Crippen LogP contribution < -0.4 is 16.0 Å². The minimum Gasteiger partial charge on any atom is -0.399 e. The van der Waals surface area contributed by atoms with Gasteiger partial charge in [0.05, 0.1) is 5.69 Å². The second-order valence-electron chi connectivity index (χ2n) is 5.78. The summed E-state index contributed by atoms with van der Waals surface area (Å²) in [4.78, 5) is 13.7. The molecule has 0 fully saturated rings. The number of hydrogen-bond acceptors (Lipinski definition) is 3. The van der Waals surface area contributed by atoms with E-state index in [-0.39, 0.29) is 11.7 Å². The fraction of sp³-hybridized carbons (Fsp3) is 0.316. The van der Waals surface area contributed by atoms with Crippen molar-refractivity contribution in [3.63, 3.8) is 0 Å². The Morgan fingerprint density at radius 2 is 1.88 bits per heavy atom. The fourth-order valence-corrected chi connectivity index (χ4v) is 2.52. The molecule has 0 bridgehead atoms. The molecule has 0 radical (unpaired) electrons. The van der Waals surface area contributed by atoms with Gasteiger partial charge in [-0.25, -0.2) is 4.39 Å². The molecule has 0 aromatic heterocycles. The number of benzene rings is 2. The van der Waals surface area contributed by atoms with E-state index in [1.165, 1.54) is 6.07 Å². The van der Waals surface area contributed by atoms with Crippen LogP contribution >= 0.6 is 0 Å². The lowest BCUT2D eigenvalue weighted by atomic mass is 10.1. The number of para-hydroxylation sites is 2. The van der Waals surface area contributed by atoms with Gasteiger partial charge in [0.25, 0.3) is 0 Å². The third-order valence-corrected chi connectivity index (χ3v) is 3.93. The first-order chi connectivity index (χ1) is 11.6. The third-order valence-electron chi connectivity index (χ3n) is 3.93. The van der Waals surface area contributed by atoms with Gasteiger partial charge >= 0.3 is 0 Å². The van der Waals surface area contributed by atoms with E-state index in [1.54, 1.807) is 12.1 Å². The highest BCUT2D eigenvalue weighted by Crippen LogP contribution is 2.17. The highest BCUT2D eigenvalue weighted by atomic mass is 19.1. The van der Waals surface area contributed by atoms with Gasteiger partial charge in [-0.1, -0.05) is 30.3 Å². The molecule has 0 atom stereocenters. The van der Waals surface area contributed by atoms with Gasteiger partial charge in [0.1, 0.15) is 5.82 Å². The van der Waals surface area contributed by atoms with E-state index in [0.717, 1.165) is 17.7 Å². The normalized spacial score (nSPS) is 10.4. The van der Waals surface area contributed by atoms with Gasteiger partial charge in [-0.15, -0.1) is 0 Å². The van der Waals surface area contributed by atoms with Gasteiger partial charge in [-0.05, 0) is 36.6 Å². The van der Waals surface area contributed by atoms with E-state index < -0.39 is 0 Å². The molecule has 0 aliphatic rings. The van der Waals surface area contributed by atoms with Crippen molar-refractivity contribution < 1.29 is 9.18 Å². The fourth-order valence-electron chi connectivity index (χ4n) is 2.52. The van der Waals surface area contributed by atoms with Crippen LogP contribution in [0.3, 0.4) is 0 Å². The maximum Gasteiger partial charge on any atom is 0.220 e. The molecule has 0 saturated carbocycles. The molecule has 2 aromatic carbocycles. The Labute approximate surface area is 142 Å². The van der Waals surface area contributed by atoms with Crippen molar-refractivity contribution in [2.45, 2.75) is 19.3 Å². The van der Waals surface area contributed by atoms with Gasteiger partial charge in [0.15, 0.2) is 0 Å². The van der Waals surface area contributed by atoms with Crippen LogP contribution in [-0.4, -0.2) is 26.0 Å². The lowest BCUT2D eigenvalue weighted by Gasteiger charge is -2.19. The van der Waals surface area contributed by atoms with Crippen LogP contribution in [0.2, 0.25) is 0 Å². The van der Waals surface area contributed by atoms with Gasteiger partial charge in [-0.2, -0.15) is 0 Å². The number of nitrogen functional groups attached to an aromatic ring is 1. The van der Waals surface area contributed by atoms with E-state index in [9.17, 15) is 9.18 Å². The number of nitrogens with two attached hydrogens (primary N) is 1. The standard InChI is InChI=1S/C19H24FN3O/c1-23(18-10-5-3-8-16(18)20)14-6-13-22-19(24)12-11-15-7-2-4-9-17(15)21/h2-5,7-10H,6,11-14,21H2,1H3,(H,22,24). The van der Waals surface area contributed by atoms with Gasteiger partial charge < -0.3 is 16.0 Å². The Kier molecular flexibility index (Phi) is 6.61. The number of halogens is 1. The summed E-state index contributed by atoms with van der Waals surface area (Å²) in [5.41, 5.74) is 8.15. The van der Waals surface area contributed by atoms with Crippen molar-refractivity contribution in [1.82, 2.24) is 5.32 Å². The number of nitrogens with zero attached hydrogens (tertiary/aromatic N) is 1. The van der Waals surface area contributed by atoms with E-state index in [4.69, 9.17) is 5.73 Å². The average Bonchev–Trinajstić information content (AvgIpc) is 2.58. The summed E-state index contributed by atoms with van der Waals surface area (Å²) in [5.74, 6) is -0.226. The molecule has 0 aliphatic carbocycles. The number of amides is 1. The molecule has 5 heteroatoms. The first-order valence-corrected chi connectivity index (χ1v) is 8.13. The molecule has 3 N–H and O–H groups in total. The molecule has 2 aromatic rings. The van der Waals surface area contributed by atoms with Gasteiger partial charge in [-0.3, -0.25) is 4.79 Å². The lowest BCUT2D eigenvalue weighted by Crippen LogP contribution is -2.28. The summed E-state index contributed by atoms with van der Waals surface area (Å²) >= 11 is 0.